The van der Waals surface area contributed by atoms with Crippen LogP contribution in [0.1, 0.15) is 31.9 Å². The minimum atomic E-state index is -0.446. The summed E-state index contributed by atoms with van der Waals surface area (Å²) in [5.41, 5.74) is 2.00. The van der Waals surface area contributed by atoms with E-state index in [0.29, 0.717) is 19.6 Å². The molecule has 1 heterocycles. The second-order valence-corrected chi connectivity index (χ2v) is 5.12. The first-order valence-electron chi connectivity index (χ1n) is 6.93. The third kappa shape index (κ3) is 3.08. The summed E-state index contributed by atoms with van der Waals surface area (Å²) in [7, 11) is 0. The number of hydrogen-bond acceptors (Lipinski definition) is 4. The van der Waals surface area contributed by atoms with E-state index in [0.717, 1.165) is 11.3 Å². The van der Waals surface area contributed by atoms with Gasteiger partial charge in [0.05, 0.1) is 25.4 Å². The molecular weight excluding hydrogens is 242 g/mol. The van der Waals surface area contributed by atoms with Gasteiger partial charge in [0, 0.05) is 23.8 Å². The van der Waals surface area contributed by atoms with Gasteiger partial charge in [0.25, 0.3) is 0 Å². The number of anilines is 1. The van der Waals surface area contributed by atoms with Crippen LogP contribution < -0.4 is 4.90 Å². The van der Waals surface area contributed by atoms with Crippen LogP contribution in [0.5, 0.6) is 0 Å². The van der Waals surface area contributed by atoms with Gasteiger partial charge in [-0.15, -0.1) is 0 Å². The van der Waals surface area contributed by atoms with Crippen LogP contribution in [0.2, 0.25) is 0 Å². The largest absolute Gasteiger partial charge is 0.394 e. The molecule has 0 saturated carbocycles. The fraction of sp³-hybridized carbons (Fsp3) is 0.600. The van der Waals surface area contributed by atoms with Crippen molar-refractivity contribution in [1.29, 1.82) is 0 Å². The van der Waals surface area contributed by atoms with Crippen LogP contribution in [0.25, 0.3) is 0 Å². The Morgan fingerprint density at radius 2 is 2.16 bits per heavy atom. The van der Waals surface area contributed by atoms with Crippen molar-refractivity contribution in [3.8, 4) is 0 Å². The minimum Gasteiger partial charge on any atom is -0.394 e. The SMILES string of the molecule is CCC(O)c1ccccc1N1CC(CO)OCC1C. The lowest BCUT2D eigenvalue weighted by molar-refractivity contribution is -0.0105. The molecule has 0 bridgehead atoms. The van der Waals surface area contributed by atoms with Crippen LogP contribution in [0.15, 0.2) is 24.3 Å². The van der Waals surface area contributed by atoms with Crippen molar-refractivity contribution in [3.05, 3.63) is 29.8 Å². The normalized spacial score (nSPS) is 25.4. The number of hydrogen-bond donors (Lipinski definition) is 2. The molecule has 4 nitrogen and oxygen atoms in total. The molecule has 1 aliphatic rings. The molecule has 19 heavy (non-hydrogen) atoms. The molecule has 0 spiro atoms. The second-order valence-electron chi connectivity index (χ2n) is 5.12. The van der Waals surface area contributed by atoms with Gasteiger partial charge in [0.15, 0.2) is 0 Å². The first-order chi connectivity index (χ1) is 9.17. The Balaban J connectivity index is 2.29. The third-order valence-electron chi connectivity index (χ3n) is 3.70. The van der Waals surface area contributed by atoms with Crippen LogP contribution in [-0.2, 0) is 4.74 Å². The van der Waals surface area contributed by atoms with Gasteiger partial charge in [-0.2, -0.15) is 0 Å². The van der Waals surface area contributed by atoms with Crippen molar-refractivity contribution >= 4 is 5.69 Å². The van der Waals surface area contributed by atoms with Crippen molar-refractivity contribution in [3.63, 3.8) is 0 Å². The molecule has 2 rings (SSSR count). The average molecular weight is 265 g/mol. The van der Waals surface area contributed by atoms with E-state index in [1.54, 1.807) is 0 Å². The van der Waals surface area contributed by atoms with Gasteiger partial charge in [-0.3, -0.25) is 0 Å². The fourth-order valence-electron chi connectivity index (χ4n) is 2.51. The van der Waals surface area contributed by atoms with Crippen molar-refractivity contribution in [2.24, 2.45) is 0 Å². The minimum absolute atomic E-state index is 0.0295. The van der Waals surface area contributed by atoms with Gasteiger partial charge >= 0.3 is 0 Å². The zero-order valence-electron chi connectivity index (χ0n) is 11.6. The van der Waals surface area contributed by atoms with E-state index in [2.05, 4.69) is 11.8 Å². The molecule has 4 heteroatoms. The summed E-state index contributed by atoms with van der Waals surface area (Å²) in [6.45, 7) is 5.36. The molecule has 3 unspecified atom stereocenters. The average Bonchev–Trinajstić information content (AvgIpc) is 2.47. The van der Waals surface area contributed by atoms with Gasteiger partial charge < -0.3 is 19.8 Å². The lowest BCUT2D eigenvalue weighted by atomic mass is 10.0. The molecule has 0 aliphatic carbocycles. The van der Waals surface area contributed by atoms with Gasteiger partial charge in [-0.25, -0.2) is 0 Å². The molecule has 2 N–H and O–H groups in total. The highest BCUT2D eigenvalue weighted by molar-refractivity contribution is 5.55. The van der Waals surface area contributed by atoms with Crippen LogP contribution in [-0.4, -0.2) is 42.1 Å². The molecule has 1 fully saturated rings. The standard InChI is InChI=1S/C15H23NO3/c1-3-15(18)13-6-4-5-7-14(13)16-8-12(9-17)19-10-11(16)2/h4-7,11-12,15,17-18H,3,8-10H2,1-2H3. The molecule has 1 aromatic carbocycles. The van der Waals surface area contributed by atoms with Crippen molar-refractivity contribution in [2.45, 2.75) is 38.5 Å². The summed E-state index contributed by atoms with van der Waals surface area (Å²) < 4.78 is 5.56. The number of rotatable bonds is 4. The quantitative estimate of drug-likeness (QED) is 0.870. The zero-order chi connectivity index (χ0) is 13.8. The number of nitrogens with zero attached hydrogens (tertiary/aromatic N) is 1. The van der Waals surface area contributed by atoms with Gasteiger partial charge in [0.1, 0.15) is 0 Å². The number of ether oxygens (including phenoxy) is 1. The Morgan fingerprint density at radius 1 is 1.42 bits per heavy atom. The van der Waals surface area contributed by atoms with E-state index >= 15 is 0 Å². The highest BCUT2D eigenvalue weighted by Gasteiger charge is 2.27. The summed E-state index contributed by atoms with van der Waals surface area (Å²) in [6, 6.07) is 8.18. The highest BCUT2D eigenvalue weighted by atomic mass is 16.5. The number of para-hydroxylation sites is 1. The number of aliphatic hydroxyl groups is 2. The number of aliphatic hydroxyl groups excluding tert-OH is 2. The third-order valence-corrected chi connectivity index (χ3v) is 3.70. The number of benzene rings is 1. The van der Waals surface area contributed by atoms with Crippen molar-refractivity contribution in [2.75, 3.05) is 24.7 Å². The van der Waals surface area contributed by atoms with Crippen molar-refractivity contribution < 1.29 is 14.9 Å². The van der Waals surface area contributed by atoms with Crippen LogP contribution in [0.3, 0.4) is 0 Å². The summed E-state index contributed by atoms with van der Waals surface area (Å²) in [6.07, 6.45) is 0.0981. The molecule has 1 saturated heterocycles. The molecular formula is C15H23NO3. The fourth-order valence-corrected chi connectivity index (χ4v) is 2.51. The number of morpholine rings is 1. The van der Waals surface area contributed by atoms with E-state index < -0.39 is 6.10 Å². The smallest absolute Gasteiger partial charge is 0.0981 e. The molecule has 1 aliphatic heterocycles. The predicted octanol–water partition coefficient (Wildman–Crippen LogP) is 1.72. The Morgan fingerprint density at radius 3 is 2.84 bits per heavy atom. The Kier molecular flexibility index (Phi) is 4.80. The van der Waals surface area contributed by atoms with Crippen molar-refractivity contribution in [1.82, 2.24) is 0 Å². The zero-order valence-corrected chi connectivity index (χ0v) is 11.6. The molecule has 0 amide bonds. The van der Waals surface area contributed by atoms with Gasteiger partial charge in [-0.1, -0.05) is 25.1 Å². The molecule has 3 atom stereocenters. The summed E-state index contributed by atoms with van der Waals surface area (Å²) in [4.78, 5) is 2.22. The lowest BCUT2D eigenvalue weighted by Crippen LogP contribution is -2.50. The van der Waals surface area contributed by atoms with Gasteiger partial charge in [-0.05, 0) is 19.4 Å². The van der Waals surface area contributed by atoms with Gasteiger partial charge in [0.2, 0.25) is 0 Å². The van der Waals surface area contributed by atoms with E-state index in [-0.39, 0.29) is 18.8 Å². The maximum Gasteiger partial charge on any atom is 0.0981 e. The lowest BCUT2D eigenvalue weighted by Gasteiger charge is -2.40. The van der Waals surface area contributed by atoms with E-state index in [1.807, 2.05) is 31.2 Å². The monoisotopic (exact) mass is 265 g/mol. The molecule has 1 aromatic rings. The first-order valence-corrected chi connectivity index (χ1v) is 6.93. The Bertz CT molecular complexity index is 410. The molecule has 0 radical (unpaired) electrons. The van der Waals surface area contributed by atoms with E-state index in [9.17, 15) is 10.2 Å². The second kappa shape index (κ2) is 6.37. The molecule has 0 aromatic heterocycles. The van der Waals surface area contributed by atoms with E-state index in [4.69, 9.17) is 4.74 Å². The maximum absolute atomic E-state index is 10.1. The maximum atomic E-state index is 10.1. The Labute approximate surface area is 114 Å². The van der Waals surface area contributed by atoms with Crippen LogP contribution in [0, 0.1) is 0 Å². The first kappa shape index (κ1) is 14.3. The highest BCUT2D eigenvalue weighted by Crippen LogP contribution is 2.31. The predicted molar refractivity (Wildman–Crippen MR) is 75.3 cm³/mol. The summed E-state index contributed by atoms with van der Waals surface area (Å²) in [5, 5.41) is 19.4. The van der Waals surface area contributed by atoms with E-state index in [1.165, 1.54) is 0 Å². The summed E-state index contributed by atoms with van der Waals surface area (Å²) >= 11 is 0. The van der Waals surface area contributed by atoms with Crippen LogP contribution in [0.4, 0.5) is 5.69 Å². The summed E-state index contributed by atoms with van der Waals surface area (Å²) in [5.74, 6) is 0. The topological polar surface area (TPSA) is 52.9 Å². The van der Waals surface area contributed by atoms with Crippen LogP contribution >= 0.6 is 0 Å². The Hall–Kier alpha value is -1.10. The molecule has 106 valence electrons.